The van der Waals surface area contributed by atoms with E-state index in [4.69, 9.17) is 88.5 Å². The summed E-state index contributed by atoms with van der Waals surface area (Å²) in [5, 5.41) is 21.1. The molecule has 0 amide bonds. The average molecular weight is 1540 g/mol. The minimum absolute atomic E-state index is 0.0249. The third-order valence-corrected chi connectivity index (χ3v) is 21.0. The Balaban J connectivity index is 0.682. The molecule has 5 saturated heterocycles. The van der Waals surface area contributed by atoms with Gasteiger partial charge in [-0.25, -0.2) is 43.0 Å². The van der Waals surface area contributed by atoms with Gasteiger partial charge in [-0.15, -0.1) is 0 Å². The monoisotopic (exact) mass is 1540 g/mol. The molecule has 19 atom stereocenters. The number of aromatic nitrogens is 18. The molecular weight excluding hydrogens is 1480 g/mol. The summed E-state index contributed by atoms with van der Waals surface area (Å²) >= 11 is 0. The zero-order valence-electron chi connectivity index (χ0n) is 52.8. The number of hydrogen-bond donors (Lipinski definition) is 15. The number of imidazole rings is 4. The van der Waals surface area contributed by atoms with Crippen LogP contribution in [0.1, 0.15) is 63.2 Å². The average Bonchev–Trinajstić information content (AvgIpc) is 1.64. The van der Waals surface area contributed by atoms with Gasteiger partial charge in [0.25, 0.3) is 22.2 Å². The number of nitrogens with two attached hydrogens (primary N) is 5. The number of aliphatic hydroxyl groups is 2. The molecule has 0 aromatic carbocycles. The van der Waals surface area contributed by atoms with Crippen molar-refractivity contribution >= 4 is 106 Å². The molecule has 560 valence electrons. The Morgan fingerprint density at radius 3 is 1.01 bits per heavy atom. The van der Waals surface area contributed by atoms with E-state index in [0.29, 0.717) is 0 Å². The summed E-state index contributed by atoms with van der Waals surface area (Å²) in [6.45, 7) is -4.66. The van der Waals surface area contributed by atoms with Crippen molar-refractivity contribution in [1.82, 2.24) is 87.6 Å². The molecule has 104 heavy (non-hydrogen) atoms. The fraction of sp³-hybridized carbons (Fsp3) is 0.510. The molecule has 0 saturated carbocycles. The first-order valence-corrected chi connectivity index (χ1v) is 36.7. The molecule has 0 spiro atoms. The lowest BCUT2D eigenvalue weighted by molar-refractivity contribution is -0.0634. The van der Waals surface area contributed by atoms with Crippen molar-refractivity contribution in [2.45, 2.75) is 124 Å². The lowest BCUT2D eigenvalue weighted by Crippen LogP contribution is -2.32. The number of rotatable bonds is 26. The first-order chi connectivity index (χ1) is 49.3. The van der Waals surface area contributed by atoms with Crippen molar-refractivity contribution in [3.8, 4) is 0 Å². The molecule has 0 bridgehead atoms. The normalized spacial score (nSPS) is 29.0. The van der Waals surface area contributed by atoms with Crippen molar-refractivity contribution in [2.24, 2.45) is 0 Å². The lowest BCUT2D eigenvalue weighted by atomic mass is 10.2. The Morgan fingerprint density at radius 1 is 0.423 bits per heavy atom. The van der Waals surface area contributed by atoms with E-state index in [0.717, 1.165) is 23.5 Å². The molecule has 4 unspecified atom stereocenters. The molecule has 0 aliphatic carbocycles. The van der Waals surface area contributed by atoms with E-state index in [1.54, 1.807) is 0 Å². The molecule has 14 heterocycles. The van der Waals surface area contributed by atoms with Crippen LogP contribution in [0.5, 0.6) is 0 Å². The fourth-order valence-electron chi connectivity index (χ4n) is 12.3. The second kappa shape index (κ2) is 28.1. The van der Waals surface area contributed by atoms with Gasteiger partial charge in [0.05, 0.1) is 64.4 Å². The first kappa shape index (κ1) is 72.4. The predicted octanol–water partition coefficient (Wildman–Crippen LogP) is -3.51. The molecule has 20 N–H and O–H groups in total. The minimum atomic E-state index is -5.55. The summed E-state index contributed by atoms with van der Waals surface area (Å²) in [6.07, 6.45) is -17.7. The van der Waals surface area contributed by atoms with E-state index < -0.39 is 204 Å². The highest BCUT2D eigenvalue weighted by molar-refractivity contribution is 7.48. The molecule has 0 radical (unpaired) electrons. The van der Waals surface area contributed by atoms with Crippen LogP contribution in [0, 0.1) is 0 Å². The number of aromatic amines is 4. The summed E-state index contributed by atoms with van der Waals surface area (Å²) in [7, 11) is -21.7. The molecule has 9 aromatic heterocycles. The van der Waals surface area contributed by atoms with E-state index in [1.807, 2.05) is 0 Å². The third kappa shape index (κ3) is 15.0. The van der Waals surface area contributed by atoms with Crippen LogP contribution in [-0.2, 0) is 78.1 Å². The number of ether oxygens (including phenoxy) is 5. The molecule has 5 fully saturated rings. The predicted molar refractivity (Wildman–Crippen MR) is 341 cm³/mol. The number of phosphoric ester groups is 4. The third-order valence-electron chi connectivity index (χ3n) is 17.0. The van der Waals surface area contributed by atoms with Crippen molar-refractivity contribution in [1.29, 1.82) is 0 Å². The van der Waals surface area contributed by atoms with Gasteiger partial charge in [0.1, 0.15) is 91.9 Å². The molecule has 14 rings (SSSR count). The van der Waals surface area contributed by atoms with Crippen molar-refractivity contribution < 1.29 is 108 Å². The van der Waals surface area contributed by atoms with Gasteiger partial charge >= 0.3 is 37.0 Å². The van der Waals surface area contributed by atoms with Crippen LogP contribution < -0.4 is 56.6 Å². The molecule has 9 aromatic rings. The summed E-state index contributed by atoms with van der Waals surface area (Å²) < 4.78 is 136. The van der Waals surface area contributed by atoms with Gasteiger partial charge in [0.15, 0.2) is 44.7 Å². The van der Waals surface area contributed by atoms with E-state index in [-0.39, 0.29) is 87.1 Å². The Kier molecular flexibility index (Phi) is 19.5. The number of anilines is 5. The quantitative estimate of drug-likeness (QED) is 0.0234. The maximum Gasteiger partial charge on any atom is 0.472 e. The number of nitrogen functional groups attached to an aromatic ring is 5. The summed E-state index contributed by atoms with van der Waals surface area (Å²) in [4.78, 5) is 155. The molecule has 51 nitrogen and oxygen atoms in total. The minimum Gasteiger partial charge on any atom is -0.394 e. The SMILES string of the molecule is Nc1ccn([C@H]2C[C@H](O)[C@@H](COP(=O)(O)O[C@H]3C[C@H](n4cnc5c(=O)[nH]c(N)nc54)O[C@@H]3COP(=O)(O)O[C@H]3C[C@H](n4cnc5c(=O)[nH]c(N)nc54)O[C@@H]3COP(=O)(O)O[C@H]3C[C@H](n4cnc5c(=O)[nH]c(N)nc54)O[C@@H]3COP(=O)(O)O[C@H]3C[C@H](n4cnc5c(=O)[nH]c(N)nc54)O[C@@H]3CO)O2)c(=O)n1. The van der Waals surface area contributed by atoms with Gasteiger partial charge in [-0.2, -0.15) is 24.9 Å². The number of nitrogens with zero attached hydrogens (tertiary/aromatic N) is 14. The van der Waals surface area contributed by atoms with Gasteiger partial charge < -0.3 is 82.1 Å². The van der Waals surface area contributed by atoms with Crippen LogP contribution >= 0.6 is 31.3 Å². The van der Waals surface area contributed by atoms with Crippen LogP contribution in [0.2, 0.25) is 0 Å². The van der Waals surface area contributed by atoms with Crippen molar-refractivity contribution in [2.75, 3.05) is 61.7 Å². The van der Waals surface area contributed by atoms with Crippen molar-refractivity contribution in [3.05, 3.63) is 89.5 Å². The van der Waals surface area contributed by atoms with Gasteiger partial charge in [-0.05, 0) is 6.07 Å². The van der Waals surface area contributed by atoms with E-state index >= 15 is 0 Å². The highest BCUT2D eigenvalue weighted by Gasteiger charge is 2.50. The first-order valence-electron chi connectivity index (χ1n) is 30.8. The van der Waals surface area contributed by atoms with Crippen LogP contribution in [0.15, 0.2) is 61.5 Å². The number of fused-ring (bicyclic) bond motifs is 4. The van der Waals surface area contributed by atoms with Crippen LogP contribution in [-0.4, -0.2) is 211 Å². The smallest absolute Gasteiger partial charge is 0.394 e. The molecule has 55 heteroatoms. The summed E-state index contributed by atoms with van der Waals surface area (Å²) in [5.74, 6) is -1.41. The number of aliphatic hydroxyl groups excluding tert-OH is 2. The van der Waals surface area contributed by atoms with Gasteiger partial charge in [-0.1, -0.05) is 0 Å². The number of hydrogen-bond acceptors (Lipinski definition) is 38. The van der Waals surface area contributed by atoms with E-state index in [9.17, 15) is 72.0 Å². The Labute approximate surface area is 574 Å². The number of phosphoric acid groups is 4. The summed E-state index contributed by atoms with van der Waals surface area (Å²) in [6, 6.07) is 1.31. The van der Waals surface area contributed by atoms with E-state index in [1.165, 1.54) is 36.9 Å². The highest BCUT2D eigenvalue weighted by atomic mass is 31.2. The van der Waals surface area contributed by atoms with Crippen molar-refractivity contribution in [3.63, 3.8) is 0 Å². The second-order valence-electron chi connectivity index (χ2n) is 23.9. The highest BCUT2D eigenvalue weighted by Crippen LogP contribution is 2.55. The largest absolute Gasteiger partial charge is 0.472 e. The number of nitrogens with one attached hydrogen (secondary N) is 4. The summed E-state index contributed by atoms with van der Waals surface area (Å²) in [5.41, 5.74) is 23.8. The lowest BCUT2D eigenvalue weighted by Gasteiger charge is -2.25. The molecule has 5 aliphatic rings. The van der Waals surface area contributed by atoms with Gasteiger partial charge in [0, 0.05) is 38.3 Å². The zero-order chi connectivity index (χ0) is 73.6. The maximum absolute atomic E-state index is 14.3. The second-order valence-corrected chi connectivity index (χ2v) is 29.5. The van der Waals surface area contributed by atoms with Gasteiger partial charge in [-0.3, -0.25) is 98.1 Å². The zero-order valence-corrected chi connectivity index (χ0v) is 56.4. The topological polar surface area (TPSA) is 729 Å². The maximum atomic E-state index is 14.3. The molecular formula is C49H61N23O28P4. The Hall–Kier alpha value is -8.56. The molecule has 5 aliphatic heterocycles. The Morgan fingerprint density at radius 2 is 0.702 bits per heavy atom. The van der Waals surface area contributed by atoms with Crippen LogP contribution in [0.4, 0.5) is 29.6 Å². The van der Waals surface area contributed by atoms with Crippen LogP contribution in [0.3, 0.4) is 0 Å². The Bertz CT molecular complexity index is 5300. The number of H-pyrrole nitrogens is 4. The standard InChI is InChI=1S/C49H61N23O28P4/c50-27-1-2-68(49(79)59-27)28-3-17(74)23(93-28)9-88-101(80,81)98-19-5-30(70-14-56-34-38(70)61-46(52)65-42(34)76)95-25(19)11-90-103(84,85)100-21-7-32(72-16-58-36-40(72)63-48(54)67-44(36)78)96-26(21)12-91-104(86,87)99-20-6-31(71-15-57-35-39(71)62-47(53)66-43(35)77)94-24(20)10-89-102(82,83)97-18-4-29(92-22(18)8-73)69-13-55-33-37(69)60-45(51)64-41(33)75/h1-2,13-26,28-32,73-74H,3-12H2,(H,80,81)(H,82,83)(H,84,85)(H,86,87)(H2,50,59,79)(H3,51,60,64,75)(H3,52,61,65,76)(H3,53,62,66,77)(H3,54,63,67,78)/t17-,18-,19-,20-,21-,22+,23+,24+,25+,26+,28+,29+,30+,31+,32+/m0/s1. The van der Waals surface area contributed by atoms with Crippen LogP contribution in [0.25, 0.3) is 44.7 Å². The van der Waals surface area contributed by atoms with E-state index in [2.05, 4.69) is 64.8 Å². The van der Waals surface area contributed by atoms with Gasteiger partial charge in [0.2, 0.25) is 23.8 Å². The fourth-order valence-corrected chi connectivity index (χ4v) is 16.2.